The van der Waals surface area contributed by atoms with Gasteiger partial charge in [-0.15, -0.1) is 10.2 Å². The van der Waals surface area contributed by atoms with Crippen LogP contribution in [0.1, 0.15) is 5.56 Å². The van der Waals surface area contributed by atoms with Crippen LogP contribution in [-0.4, -0.2) is 37.8 Å². The molecule has 0 spiro atoms. The second-order valence-electron chi connectivity index (χ2n) is 6.06. The second kappa shape index (κ2) is 8.09. The molecule has 11 heteroatoms. The van der Waals surface area contributed by atoms with E-state index in [0.717, 1.165) is 5.56 Å². The van der Waals surface area contributed by atoms with Crippen LogP contribution in [0.3, 0.4) is 0 Å². The number of benzene rings is 2. The molecule has 30 heavy (non-hydrogen) atoms. The van der Waals surface area contributed by atoms with Gasteiger partial charge in [0.2, 0.25) is 10.9 Å². The number of hydrogen-bond donors (Lipinski definition) is 1. The molecule has 0 fully saturated rings. The van der Waals surface area contributed by atoms with E-state index in [-0.39, 0.29) is 5.69 Å². The fraction of sp³-hybridized carbons (Fsp3) is 0.0526. The first kappa shape index (κ1) is 19.2. The average molecular weight is 422 g/mol. The molecule has 0 saturated carbocycles. The molecule has 0 aliphatic carbocycles. The molecule has 0 bridgehead atoms. The van der Waals surface area contributed by atoms with E-state index in [2.05, 4.69) is 20.6 Å². The number of nitrogens with zero attached hydrogens (tertiary/aromatic N) is 5. The van der Waals surface area contributed by atoms with Crippen molar-refractivity contribution in [3.63, 3.8) is 0 Å². The third-order valence-corrected chi connectivity index (χ3v) is 5.06. The highest BCUT2D eigenvalue weighted by atomic mass is 32.1. The van der Waals surface area contributed by atoms with Crippen molar-refractivity contribution in [2.75, 3.05) is 12.4 Å². The lowest BCUT2D eigenvalue weighted by Crippen LogP contribution is -2.09. The quantitative estimate of drug-likeness (QED) is 0.287. The Morgan fingerprint density at radius 1 is 1.30 bits per heavy atom. The normalized spacial score (nSPS) is 11.1. The minimum atomic E-state index is -0.486. The summed E-state index contributed by atoms with van der Waals surface area (Å²) in [5.74, 6) is 0.0777. The van der Waals surface area contributed by atoms with Gasteiger partial charge in [-0.25, -0.2) is 0 Å². The molecular formula is C19H14N6O4S. The number of nitrogens with one attached hydrogen (secondary N) is 1. The summed E-state index contributed by atoms with van der Waals surface area (Å²) in [7, 11) is 1.51. The molecule has 0 radical (unpaired) electrons. The van der Waals surface area contributed by atoms with Crippen LogP contribution in [0.2, 0.25) is 0 Å². The largest absolute Gasteiger partial charge is 0.495 e. The Balaban J connectivity index is 1.55. The van der Waals surface area contributed by atoms with Crippen LogP contribution < -0.4 is 10.1 Å². The monoisotopic (exact) mass is 422 g/mol. The van der Waals surface area contributed by atoms with Gasteiger partial charge >= 0.3 is 0 Å². The van der Waals surface area contributed by atoms with Gasteiger partial charge in [-0.3, -0.25) is 14.9 Å². The highest BCUT2D eigenvalue weighted by Gasteiger charge is 2.12. The number of nitro benzene ring substituents is 1. The first-order valence-corrected chi connectivity index (χ1v) is 9.44. The zero-order valence-corrected chi connectivity index (χ0v) is 16.4. The molecule has 0 atom stereocenters. The number of hydrogen-bond acceptors (Lipinski definition) is 8. The summed E-state index contributed by atoms with van der Waals surface area (Å²) in [6.45, 7) is 0. The Morgan fingerprint density at radius 2 is 2.17 bits per heavy atom. The number of ether oxygens (including phenoxy) is 1. The van der Waals surface area contributed by atoms with E-state index in [1.54, 1.807) is 28.8 Å². The topological polar surface area (TPSA) is 125 Å². The van der Waals surface area contributed by atoms with Crippen LogP contribution in [0.25, 0.3) is 21.6 Å². The Kier molecular flexibility index (Phi) is 5.18. The fourth-order valence-corrected chi connectivity index (χ4v) is 3.52. The summed E-state index contributed by atoms with van der Waals surface area (Å²) in [6, 6.07) is 11.3. The molecule has 0 aliphatic heterocycles. The van der Waals surface area contributed by atoms with Crippen LogP contribution in [0, 0.1) is 10.1 Å². The highest BCUT2D eigenvalue weighted by molar-refractivity contribution is 7.19. The number of amides is 1. The van der Waals surface area contributed by atoms with Gasteiger partial charge in [0.15, 0.2) is 0 Å². The first-order chi connectivity index (χ1) is 14.5. The fourth-order valence-electron chi connectivity index (χ4n) is 2.70. The predicted octanol–water partition coefficient (Wildman–Crippen LogP) is 3.42. The van der Waals surface area contributed by atoms with Crippen molar-refractivity contribution in [2.24, 2.45) is 0 Å². The summed E-state index contributed by atoms with van der Waals surface area (Å²) < 4.78 is 6.90. The predicted molar refractivity (Wildman–Crippen MR) is 111 cm³/mol. The number of rotatable bonds is 6. The van der Waals surface area contributed by atoms with Gasteiger partial charge < -0.3 is 10.1 Å². The minimum absolute atomic E-state index is 0.0445. The average Bonchev–Trinajstić information content (AvgIpc) is 3.35. The molecule has 150 valence electrons. The molecule has 0 unspecified atom stereocenters. The van der Waals surface area contributed by atoms with Crippen molar-refractivity contribution >= 4 is 39.7 Å². The standard InChI is InChI=1S/C19H14N6O4S/c1-29-16-7-6-13(18-23-24-11-20-22-19(24)30-18)10-15(16)21-17(26)8-5-12-3-2-4-14(9-12)25(27)28/h2-11H,1H3,(H,21,26)/b8-5+. The second-order valence-corrected chi connectivity index (χ2v) is 7.01. The zero-order chi connectivity index (χ0) is 21.1. The van der Waals surface area contributed by atoms with Crippen molar-refractivity contribution in [1.29, 1.82) is 0 Å². The maximum Gasteiger partial charge on any atom is 0.270 e. The summed E-state index contributed by atoms with van der Waals surface area (Å²) in [4.78, 5) is 23.4. The smallest absolute Gasteiger partial charge is 0.270 e. The van der Waals surface area contributed by atoms with Gasteiger partial charge in [-0.1, -0.05) is 23.5 Å². The van der Waals surface area contributed by atoms with Crippen LogP contribution in [0.4, 0.5) is 11.4 Å². The van der Waals surface area contributed by atoms with Crippen LogP contribution in [0.15, 0.2) is 54.9 Å². The van der Waals surface area contributed by atoms with Gasteiger partial charge in [-0.05, 0) is 29.8 Å². The highest BCUT2D eigenvalue weighted by Crippen LogP contribution is 2.32. The van der Waals surface area contributed by atoms with Crippen molar-refractivity contribution in [3.05, 3.63) is 70.5 Å². The number of methoxy groups -OCH3 is 1. The van der Waals surface area contributed by atoms with Gasteiger partial charge in [0.1, 0.15) is 17.1 Å². The Morgan fingerprint density at radius 3 is 2.93 bits per heavy atom. The van der Waals surface area contributed by atoms with E-state index in [9.17, 15) is 14.9 Å². The van der Waals surface area contributed by atoms with Gasteiger partial charge in [0.05, 0.1) is 17.7 Å². The van der Waals surface area contributed by atoms with E-state index < -0.39 is 10.8 Å². The van der Waals surface area contributed by atoms with E-state index in [0.29, 0.717) is 27.0 Å². The third kappa shape index (κ3) is 4.00. The number of non-ortho nitro benzene ring substituents is 1. The van der Waals surface area contributed by atoms with Crippen molar-refractivity contribution < 1.29 is 14.5 Å². The van der Waals surface area contributed by atoms with Crippen molar-refractivity contribution in [2.45, 2.75) is 0 Å². The van der Waals surface area contributed by atoms with E-state index in [1.165, 1.54) is 49.1 Å². The molecule has 4 rings (SSSR count). The van der Waals surface area contributed by atoms with E-state index >= 15 is 0 Å². The molecule has 2 heterocycles. The molecule has 2 aromatic carbocycles. The number of anilines is 1. The van der Waals surface area contributed by atoms with Gasteiger partial charge in [0.25, 0.3) is 5.69 Å². The lowest BCUT2D eigenvalue weighted by atomic mass is 10.1. The molecule has 1 N–H and O–H groups in total. The first-order valence-electron chi connectivity index (χ1n) is 8.62. The molecular weight excluding hydrogens is 408 g/mol. The number of carbonyl (C=O) groups excluding carboxylic acids is 1. The summed E-state index contributed by atoms with van der Waals surface area (Å²) >= 11 is 1.36. The maximum absolute atomic E-state index is 12.4. The van der Waals surface area contributed by atoms with E-state index in [4.69, 9.17) is 4.74 Å². The number of carbonyl (C=O) groups is 1. The van der Waals surface area contributed by atoms with Crippen LogP contribution in [-0.2, 0) is 4.79 Å². The molecule has 0 saturated heterocycles. The Bertz CT molecular complexity index is 1250. The van der Waals surface area contributed by atoms with E-state index in [1.807, 2.05) is 6.07 Å². The number of nitro groups is 1. The number of fused-ring (bicyclic) bond motifs is 1. The number of aromatic nitrogens is 4. The third-order valence-electron chi connectivity index (χ3n) is 4.10. The van der Waals surface area contributed by atoms with Gasteiger partial charge in [0, 0.05) is 23.8 Å². The van der Waals surface area contributed by atoms with Gasteiger partial charge in [-0.2, -0.15) is 9.61 Å². The molecule has 0 aliphatic rings. The molecule has 2 aromatic heterocycles. The summed E-state index contributed by atoms with van der Waals surface area (Å²) in [6.07, 6.45) is 4.32. The lowest BCUT2D eigenvalue weighted by Gasteiger charge is -2.10. The minimum Gasteiger partial charge on any atom is -0.495 e. The van der Waals surface area contributed by atoms with Crippen molar-refractivity contribution in [1.82, 2.24) is 19.8 Å². The zero-order valence-electron chi connectivity index (χ0n) is 15.6. The lowest BCUT2D eigenvalue weighted by molar-refractivity contribution is -0.384. The van der Waals surface area contributed by atoms with Crippen molar-refractivity contribution in [3.8, 4) is 16.3 Å². The van der Waals surface area contributed by atoms with Crippen LogP contribution >= 0.6 is 11.3 Å². The Labute approximate surface area is 173 Å². The summed E-state index contributed by atoms with van der Waals surface area (Å²) in [5, 5.41) is 26.5. The SMILES string of the molecule is COc1ccc(-c2nn3cnnc3s2)cc1NC(=O)/C=C/c1cccc([N+](=O)[O-])c1. The molecule has 4 aromatic rings. The summed E-state index contributed by atoms with van der Waals surface area (Å²) in [5.41, 5.74) is 1.75. The Hall–Kier alpha value is -4.12. The molecule has 1 amide bonds. The molecule has 10 nitrogen and oxygen atoms in total. The maximum atomic E-state index is 12.4. The van der Waals surface area contributed by atoms with Crippen LogP contribution in [0.5, 0.6) is 5.75 Å².